The van der Waals surface area contributed by atoms with Gasteiger partial charge in [0.1, 0.15) is 11.6 Å². The van der Waals surface area contributed by atoms with Crippen molar-refractivity contribution >= 4 is 17.6 Å². The summed E-state index contributed by atoms with van der Waals surface area (Å²) in [5.74, 6) is 2.77. The lowest BCUT2D eigenvalue weighted by atomic mass is 9.46. The quantitative estimate of drug-likeness (QED) is 0.354. The highest BCUT2D eigenvalue weighted by molar-refractivity contribution is 5.96. The zero-order chi connectivity index (χ0) is 27.8. The van der Waals surface area contributed by atoms with Crippen molar-refractivity contribution < 1.29 is 24.6 Å². The van der Waals surface area contributed by atoms with Gasteiger partial charge in [-0.25, -0.2) is 4.79 Å². The van der Waals surface area contributed by atoms with Gasteiger partial charge < -0.3 is 20.4 Å². The summed E-state index contributed by atoms with van der Waals surface area (Å²) in [5, 5.41) is 27.5. The number of allylic oxidation sites excluding steroid dienone is 2. The molecule has 7 nitrogen and oxygen atoms in total. The Labute approximate surface area is 231 Å². The average molecular weight is 533 g/mol. The number of carboxylic acid groups (broad SMARTS) is 1. The zero-order valence-electron chi connectivity index (χ0n) is 23.0. The molecule has 0 aromatic heterocycles. The average Bonchev–Trinajstić information content (AvgIpc) is 3.20. The number of benzene rings is 1. The lowest BCUT2D eigenvalue weighted by Gasteiger charge is -2.58. The topological polar surface area (TPSA) is 108 Å². The Hall–Kier alpha value is -3.11. The second-order valence-electron chi connectivity index (χ2n) is 12.5. The van der Waals surface area contributed by atoms with Crippen LogP contribution < -0.4 is 5.32 Å². The van der Waals surface area contributed by atoms with Gasteiger partial charge in [0.15, 0.2) is 6.61 Å². The molecule has 1 amide bonds. The van der Waals surface area contributed by atoms with Gasteiger partial charge in [0.05, 0.1) is 5.71 Å². The molecule has 1 aromatic carbocycles. The minimum Gasteiger partial charge on any atom is -0.480 e. The molecule has 4 unspecified atom stereocenters. The van der Waals surface area contributed by atoms with Gasteiger partial charge in [-0.3, -0.25) is 4.79 Å². The number of rotatable bonds is 7. The van der Waals surface area contributed by atoms with E-state index in [1.54, 1.807) is 0 Å². The second kappa shape index (κ2) is 10.5. The summed E-state index contributed by atoms with van der Waals surface area (Å²) < 4.78 is 0. The first-order valence-corrected chi connectivity index (χ1v) is 14.3. The molecule has 0 radical (unpaired) electrons. The molecular formula is C32H40N2O5. The molecule has 1 aromatic rings. The molecule has 5 rings (SSSR count). The van der Waals surface area contributed by atoms with Crippen LogP contribution >= 0.6 is 0 Å². The third-order valence-corrected chi connectivity index (χ3v) is 10.7. The fraction of sp³-hybridized carbons (Fsp3) is 0.594. The largest absolute Gasteiger partial charge is 0.480 e. The van der Waals surface area contributed by atoms with E-state index in [2.05, 4.69) is 36.3 Å². The molecular weight excluding hydrogens is 492 g/mol. The lowest BCUT2D eigenvalue weighted by Crippen LogP contribution is -2.54. The summed E-state index contributed by atoms with van der Waals surface area (Å²) >= 11 is 0. The molecule has 3 saturated carbocycles. The van der Waals surface area contributed by atoms with Gasteiger partial charge in [-0.1, -0.05) is 60.8 Å². The van der Waals surface area contributed by atoms with Crippen molar-refractivity contribution in [3.05, 3.63) is 47.5 Å². The van der Waals surface area contributed by atoms with Crippen molar-refractivity contribution in [2.24, 2.45) is 33.7 Å². The maximum absolute atomic E-state index is 12.4. The fourth-order valence-corrected chi connectivity index (χ4v) is 8.36. The predicted octanol–water partition coefficient (Wildman–Crippen LogP) is 4.50. The summed E-state index contributed by atoms with van der Waals surface area (Å²) in [7, 11) is 0. The van der Waals surface area contributed by atoms with E-state index in [0.29, 0.717) is 24.2 Å². The van der Waals surface area contributed by atoms with Crippen LogP contribution in [0.5, 0.6) is 0 Å². The van der Waals surface area contributed by atoms with E-state index in [-0.39, 0.29) is 23.9 Å². The molecule has 39 heavy (non-hydrogen) atoms. The van der Waals surface area contributed by atoms with E-state index in [1.165, 1.54) is 5.57 Å². The number of aliphatic hydroxyl groups is 1. The van der Waals surface area contributed by atoms with Gasteiger partial charge in [0, 0.05) is 11.8 Å². The third kappa shape index (κ3) is 4.89. The number of nitrogens with zero attached hydrogens (tertiary/aromatic N) is 1. The molecule has 0 aliphatic heterocycles. The standard InChI is InChI=1S/C32H40N2O5/c1-4-32(38)17-14-26-24-11-10-22-19-23(12-15-30(22,2)25(24)13-16-31(26,32)3)34-39-20-28(35)33-27(29(36)37)18-21-8-6-5-7-9-21/h1,5-9,19,24-27,38H,10-18,20H2,2-3H3,(H,33,35)(H,36,37)/b34-23-/t24?,25?,26?,27?,30-,31-,32+/m0/s1. The number of oxime groups is 1. The number of hydrogen-bond donors (Lipinski definition) is 3. The van der Waals surface area contributed by atoms with Crippen molar-refractivity contribution in [2.45, 2.75) is 83.3 Å². The molecule has 0 bridgehead atoms. The molecule has 7 heteroatoms. The van der Waals surface area contributed by atoms with Gasteiger partial charge in [-0.15, -0.1) is 6.42 Å². The van der Waals surface area contributed by atoms with Gasteiger partial charge in [-0.2, -0.15) is 0 Å². The molecule has 7 atom stereocenters. The third-order valence-electron chi connectivity index (χ3n) is 10.7. The Morgan fingerprint density at radius 1 is 1.13 bits per heavy atom. The number of carboxylic acids is 1. The van der Waals surface area contributed by atoms with Crippen LogP contribution in [0.25, 0.3) is 0 Å². The van der Waals surface area contributed by atoms with E-state index >= 15 is 0 Å². The van der Waals surface area contributed by atoms with Crippen LogP contribution in [0.2, 0.25) is 0 Å². The molecule has 0 saturated heterocycles. The molecule has 208 valence electrons. The normalized spacial score (nSPS) is 36.9. The number of aliphatic carboxylic acids is 1. The van der Waals surface area contributed by atoms with E-state index in [4.69, 9.17) is 11.3 Å². The Balaban J connectivity index is 1.20. The van der Waals surface area contributed by atoms with Gasteiger partial charge in [0.2, 0.25) is 0 Å². The zero-order valence-corrected chi connectivity index (χ0v) is 23.0. The number of amides is 1. The summed E-state index contributed by atoms with van der Waals surface area (Å²) in [5.41, 5.74) is 1.99. The van der Waals surface area contributed by atoms with Crippen LogP contribution in [0.15, 0.2) is 47.1 Å². The maximum Gasteiger partial charge on any atom is 0.326 e. The SMILES string of the molecule is C#C[C@@]1(O)CCC2C3CCC4=C/C(=N\OCC(=O)NC(Cc5ccccc5)C(=O)O)CC[C@]4(C)C3CC[C@@]21C. The van der Waals surface area contributed by atoms with Gasteiger partial charge in [0.25, 0.3) is 5.91 Å². The molecule has 4 aliphatic rings. The fourth-order valence-electron chi connectivity index (χ4n) is 8.36. The number of hydrogen-bond acceptors (Lipinski definition) is 5. The van der Waals surface area contributed by atoms with Crippen LogP contribution in [0.1, 0.15) is 70.8 Å². The van der Waals surface area contributed by atoms with Crippen molar-refractivity contribution in [1.29, 1.82) is 0 Å². The van der Waals surface area contributed by atoms with Crippen LogP contribution in [-0.2, 0) is 20.8 Å². The number of fused-ring (bicyclic) bond motifs is 5. The predicted molar refractivity (Wildman–Crippen MR) is 149 cm³/mol. The molecule has 3 N–H and O–H groups in total. The Morgan fingerprint density at radius 2 is 1.87 bits per heavy atom. The highest BCUT2D eigenvalue weighted by atomic mass is 16.6. The molecule has 3 fully saturated rings. The highest BCUT2D eigenvalue weighted by Gasteiger charge is 2.63. The number of carbonyl (C=O) groups is 2. The highest BCUT2D eigenvalue weighted by Crippen LogP contribution is 2.67. The Kier molecular flexibility index (Phi) is 7.37. The molecule has 4 aliphatic carbocycles. The van der Waals surface area contributed by atoms with Crippen LogP contribution in [0.3, 0.4) is 0 Å². The second-order valence-corrected chi connectivity index (χ2v) is 12.5. The molecule has 0 spiro atoms. The summed E-state index contributed by atoms with van der Waals surface area (Å²) in [6, 6.07) is 8.17. The van der Waals surface area contributed by atoms with E-state index in [0.717, 1.165) is 56.2 Å². The number of carbonyl (C=O) groups excluding carboxylic acids is 1. The first-order valence-electron chi connectivity index (χ1n) is 14.3. The van der Waals surface area contributed by atoms with Crippen molar-refractivity contribution in [3.63, 3.8) is 0 Å². The number of nitrogens with one attached hydrogen (secondary N) is 1. The summed E-state index contributed by atoms with van der Waals surface area (Å²) in [4.78, 5) is 29.4. The Bertz CT molecular complexity index is 1220. The summed E-state index contributed by atoms with van der Waals surface area (Å²) in [6.07, 6.45) is 15.8. The maximum atomic E-state index is 12.4. The lowest BCUT2D eigenvalue weighted by molar-refractivity contribution is -0.142. The van der Waals surface area contributed by atoms with Crippen LogP contribution in [0, 0.1) is 40.9 Å². The Morgan fingerprint density at radius 3 is 2.59 bits per heavy atom. The number of terminal acetylenes is 1. The first-order chi connectivity index (χ1) is 18.6. The van der Waals surface area contributed by atoms with Crippen LogP contribution in [0.4, 0.5) is 0 Å². The van der Waals surface area contributed by atoms with E-state index in [1.807, 2.05) is 30.3 Å². The molecule has 0 heterocycles. The minimum atomic E-state index is -1.09. The van der Waals surface area contributed by atoms with E-state index in [9.17, 15) is 19.8 Å². The van der Waals surface area contributed by atoms with Crippen molar-refractivity contribution in [3.8, 4) is 12.3 Å². The smallest absolute Gasteiger partial charge is 0.326 e. The van der Waals surface area contributed by atoms with Gasteiger partial charge >= 0.3 is 5.97 Å². The first kappa shape index (κ1) is 27.5. The van der Waals surface area contributed by atoms with Crippen molar-refractivity contribution in [1.82, 2.24) is 5.32 Å². The van der Waals surface area contributed by atoms with Crippen molar-refractivity contribution in [2.75, 3.05) is 6.61 Å². The minimum absolute atomic E-state index is 0.101. The van der Waals surface area contributed by atoms with E-state index < -0.39 is 23.5 Å². The van der Waals surface area contributed by atoms with Gasteiger partial charge in [-0.05, 0) is 86.2 Å². The monoisotopic (exact) mass is 532 g/mol. The van der Waals surface area contributed by atoms with Crippen LogP contribution in [-0.4, -0.2) is 46.1 Å². The summed E-state index contributed by atoms with van der Waals surface area (Å²) in [6.45, 7) is 4.28.